The first-order valence-corrected chi connectivity index (χ1v) is 3.79. The molecule has 58 valence electrons. The number of rotatable bonds is 1. The Morgan fingerprint density at radius 2 is 2.30 bits per heavy atom. The minimum Gasteiger partial charge on any atom is -0.494 e. The fourth-order valence-electron chi connectivity index (χ4n) is 1.15. The van der Waals surface area contributed by atoms with Crippen LogP contribution in [0.1, 0.15) is 20.3 Å². The summed E-state index contributed by atoms with van der Waals surface area (Å²) >= 11 is 0. The van der Waals surface area contributed by atoms with Crippen LogP contribution in [-0.2, 0) is 4.74 Å². The Balaban J connectivity index is 2.72. The fraction of sp³-hybridized carbons (Fsp3) is 0.750. The molecule has 1 aliphatic heterocycles. The molecule has 0 saturated carbocycles. The average molecular weight is 141 g/mol. The minimum absolute atomic E-state index is 0.844. The predicted molar refractivity (Wildman–Crippen MR) is 41.6 cm³/mol. The Hall–Kier alpha value is -0.660. The van der Waals surface area contributed by atoms with Gasteiger partial charge < -0.3 is 9.64 Å². The molecule has 0 atom stereocenters. The molecule has 10 heavy (non-hydrogen) atoms. The third-order valence-electron chi connectivity index (χ3n) is 2.00. The van der Waals surface area contributed by atoms with Crippen LogP contribution in [0, 0.1) is 0 Å². The topological polar surface area (TPSA) is 12.5 Å². The molecule has 0 amide bonds. The molecule has 1 aliphatic rings. The number of allylic oxidation sites excluding steroid dienone is 2. The molecule has 1 heterocycles. The lowest BCUT2D eigenvalue weighted by atomic mass is 10.2. The van der Waals surface area contributed by atoms with Gasteiger partial charge >= 0.3 is 0 Å². The third kappa shape index (κ3) is 1.25. The molecule has 0 unspecified atom stereocenters. The van der Waals surface area contributed by atoms with Crippen LogP contribution in [0.3, 0.4) is 0 Å². The van der Waals surface area contributed by atoms with E-state index in [-0.39, 0.29) is 0 Å². The van der Waals surface area contributed by atoms with Gasteiger partial charge in [0.25, 0.3) is 0 Å². The van der Waals surface area contributed by atoms with E-state index in [1.807, 2.05) is 0 Å². The molecule has 2 heteroatoms. The highest BCUT2D eigenvalue weighted by Gasteiger charge is 2.11. The van der Waals surface area contributed by atoms with Crippen molar-refractivity contribution in [2.75, 3.05) is 20.2 Å². The Bertz CT molecular complexity index is 151. The summed E-state index contributed by atoms with van der Waals surface area (Å²) in [5.41, 5.74) is 1.29. The van der Waals surface area contributed by atoms with Gasteiger partial charge in [0.2, 0.25) is 0 Å². The lowest BCUT2D eigenvalue weighted by Gasteiger charge is -2.28. The van der Waals surface area contributed by atoms with E-state index in [9.17, 15) is 0 Å². The molecule has 0 N–H and O–H groups in total. The maximum atomic E-state index is 5.45. The molecule has 0 aromatic carbocycles. The first kappa shape index (κ1) is 7.45. The van der Waals surface area contributed by atoms with Crippen molar-refractivity contribution in [1.82, 2.24) is 4.90 Å². The van der Waals surface area contributed by atoms with Gasteiger partial charge in [-0.2, -0.15) is 0 Å². The van der Waals surface area contributed by atoms with Crippen molar-refractivity contribution in [2.24, 2.45) is 0 Å². The normalized spacial score (nSPS) is 19.3. The quantitative estimate of drug-likeness (QED) is 0.550. The lowest BCUT2D eigenvalue weighted by molar-refractivity contribution is 0.136. The van der Waals surface area contributed by atoms with Crippen LogP contribution in [0.15, 0.2) is 11.5 Å². The summed E-state index contributed by atoms with van der Waals surface area (Å²) in [6.45, 7) is 6.10. The van der Waals surface area contributed by atoms with E-state index in [2.05, 4.69) is 25.8 Å². The van der Waals surface area contributed by atoms with Gasteiger partial charge in [-0.1, -0.05) is 6.92 Å². The lowest BCUT2D eigenvalue weighted by Crippen LogP contribution is -2.27. The molecule has 0 fully saturated rings. The first-order chi connectivity index (χ1) is 4.75. The van der Waals surface area contributed by atoms with Gasteiger partial charge in [-0.15, -0.1) is 0 Å². The monoisotopic (exact) mass is 141 g/mol. The Labute approximate surface area is 62.5 Å². The molecule has 0 radical (unpaired) electrons. The van der Waals surface area contributed by atoms with E-state index >= 15 is 0 Å². The summed E-state index contributed by atoms with van der Waals surface area (Å²) in [5.74, 6) is 1.15. The molecule has 0 bridgehead atoms. The smallest absolute Gasteiger partial charge is 0.114 e. The number of hydrogen-bond donors (Lipinski definition) is 0. The fourth-order valence-corrected chi connectivity index (χ4v) is 1.15. The molecule has 0 spiro atoms. The molecule has 0 aromatic heterocycles. The minimum atomic E-state index is 0.844. The van der Waals surface area contributed by atoms with Crippen molar-refractivity contribution < 1.29 is 4.74 Å². The summed E-state index contributed by atoms with van der Waals surface area (Å²) in [6, 6.07) is 0. The summed E-state index contributed by atoms with van der Waals surface area (Å²) in [7, 11) is 2.10. The van der Waals surface area contributed by atoms with Crippen LogP contribution >= 0.6 is 0 Å². The Kier molecular flexibility index (Phi) is 2.20. The highest BCUT2D eigenvalue weighted by atomic mass is 16.5. The molecular weight excluding hydrogens is 126 g/mol. The van der Waals surface area contributed by atoms with E-state index in [0.717, 1.165) is 25.3 Å². The Morgan fingerprint density at radius 1 is 1.60 bits per heavy atom. The maximum Gasteiger partial charge on any atom is 0.114 e. The van der Waals surface area contributed by atoms with Crippen LogP contribution in [0.25, 0.3) is 0 Å². The van der Waals surface area contributed by atoms with E-state index in [4.69, 9.17) is 4.74 Å². The summed E-state index contributed by atoms with van der Waals surface area (Å²) in [4.78, 5) is 2.24. The molecule has 1 rings (SSSR count). The molecule has 0 saturated heterocycles. The molecular formula is C8H15NO. The van der Waals surface area contributed by atoms with Gasteiger partial charge in [-0.3, -0.25) is 0 Å². The average Bonchev–Trinajstić information content (AvgIpc) is 1.95. The zero-order valence-electron chi connectivity index (χ0n) is 6.98. The number of ether oxygens (including phenoxy) is 1. The number of likely N-dealkylation sites (N-methyl/N-ethyl adjacent to an activating group) is 1. The SMILES string of the molecule is CCC1=C(C)N(C)CCO1. The van der Waals surface area contributed by atoms with E-state index in [0.29, 0.717) is 0 Å². The van der Waals surface area contributed by atoms with Crippen molar-refractivity contribution in [3.8, 4) is 0 Å². The molecule has 0 aliphatic carbocycles. The summed E-state index contributed by atoms with van der Waals surface area (Å²) in [5, 5.41) is 0. The highest BCUT2D eigenvalue weighted by Crippen LogP contribution is 2.16. The highest BCUT2D eigenvalue weighted by molar-refractivity contribution is 5.06. The molecule has 2 nitrogen and oxygen atoms in total. The Morgan fingerprint density at radius 3 is 2.80 bits per heavy atom. The van der Waals surface area contributed by atoms with Gasteiger partial charge in [0.05, 0.1) is 6.54 Å². The second kappa shape index (κ2) is 2.95. The van der Waals surface area contributed by atoms with Crippen molar-refractivity contribution in [3.05, 3.63) is 11.5 Å². The van der Waals surface area contributed by atoms with E-state index < -0.39 is 0 Å². The van der Waals surface area contributed by atoms with Gasteiger partial charge in [0, 0.05) is 19.2 Å². The number of nitrogens with zero attached hydrogens (tertiary/aromatic N) is 1. The zero-order valence-corrected chi connectivity index (χ0v) is 6.98. The van der Waals surface area contributed by atoms with Crippen molar-refractivity contribution in [3.63, 3.8) is 0 Å². The second-order valence-electron chi connectivity index (χ2n) is 2.63. The summed E-state index contributed by atoms with van der Waals surface area (Å²) in [6.07, 6.45) is 1.01. The zero-order chi connectivity index (χ0) is 7.56. The van der Waals surface area contributed by atoms with Crippen LogP contribution < -0.4 is 0 Å². The second-order valence-corrected chi connectivity index (χ2v) is 2.63. The van der Waals surface area contributed by atoms with Gasteiger partial charge in [0.1, 0.15) is 12.4 Å². The maximum absolute atomic E-state index is 5.45. The van der Waals surface area contributed by atoms with Crippen LogP contribution in [0.5, 0.6) is 0 Å². The van der Waals surface area contributed by atoms with E-state index in [1.54, 1.807) is 0 Å². The first-order valence-electron chi connectivity index (χ1n) is 3.79. The predicted octanol–water partition coefficient (Wildman–Crippen LogP) is 1.59. The van der Waals surface area contributed by atoms with Gasteiger partial charge in [-0.25, -0.2) is 0 Å². The van der Waals surface area contributed by atoms with Crippen molar-refractivity contribution in [1.29, 1.82) is 0 Å². The van der Waals surface area contributed by atoms with E-state index in [1.165, 1.54) is 5.70 Å². The standard InChI is InChI=1S/C8H15NO/c1-4-8-7(2)9(3)5-6-10-8/h4-6H2,1-3H3. The number of hydrogen-bond acceptors (Lipinski definition) is 2. The summed E-state index contributed by atoms with van der Waals surface area (Å²) < 4.78 is 5.45. The van der Waals surface area contributed by atoms with Crippen LogP contribution in [0.2, 0.25) is 0 Å². The molecule has 0 aromatic rings. The largest absolute Gasteiger partial charge is 0.494 e. The third-order valence-corrected chi connectivity index (χ3v) is 2.00. The van der Waals surface area contributed by atoms with Crippen molar-refractivity contribution in [2.45, 2.75) is 20.3 Å². The van der Waals surface area contributed by atoms with Crippen LogP contribution in [0.4, 0.5) is 0 Å². The van der Waals surface area contributed by atoms with Gasteiger partial charge in [0.15, 0.2) is 0 Å². The van der Waals surface area contributed by atoms with Crippen molar-refractivity contribution >= 4 is 0 Å². The van der Waals surface area contributed by atoms with Gasteiger partial charge in [-0.05, 0) is 6.92 Å². The van der Waals surface area contributed by atoms with Crippen LogP contribution in [-0.4, -0.2) is 25.1 Å².